The number of aromatic carboxylic acids is 1. The minimum Gasteiger partial charge on any atom is -0.477 e. The van der Waals surface area contributed by atoms with Crippen LogP contribution in [0.2, 0.25) is 5.02 Å². The smallest absolute Gasteiger partial charge is 0.354 e. The van der Waals surface area contributed by atoms with E-state index >= 15 is 0 Å². The minimum absolute atomic E-state index is 0.0426. The van der Waals surface area contributed by atoms with Gasteiger partial charge in [-0.1, -0.05) is 11.6 Å². The van der Waals surface area contributed by atoms with E-state index in [1.165, 1.54) is 6.07 Å². The molecule has 1 aromatic carbocycles. The molecule has 0 radical (unpaired) electrons. The fraction of sp³-hybridized carbons (Fsp3) is 0.0833. The molecule has 0 bridgehead atoms. The highest BCUT2D eigenvalue weighted by Crippen LogP contribution is 2.18. The molecule has 1 heterocycles. The van der Waals surface area contributed by atoms with Gasteiger partial charge >= 0.3 is 5.97 Å². The number of halogens is 1. The lowest BCUT2D eigenvalue weighted by molar-refractivity contribution is 0.0690. The van der Waals surface area contributed by atoms with Crippen LogP contribution in [0.3, 0.4) is 0 Å². The number of carboxylic acids is 1. The summed E-state index contributed by atoms with van der Waals surface area (Å²) in [5.41, 5.74) is 0.729. The molecule has 0 aliphatic heterocycles. The van der Waals surface area contributed by atoms with Crippen LogP contribution in [-0.2, 0) is 0 Å². The van der Waals surface area contributed by atoms with Gasteiger partial charge in [0.05, 0.1) is 0 Å². The van der Waals surface area contributed by atoms with Crippen LogP contribution < -0.4 is 5.32 Å². The molecule has 0 aliphatic rings. The molecule has 0 atom stereocenters. The number of anilines is 2. The van der Waals surface area contributed by atoms with Gasteiger partial charge in [0.1, 0.15) is 11.6 Å². The number of hydrogen-bond donors (Lipinski definition) is 2. The molecule has 5 nitrogen and oxygen atoms in total. The molecule has 2 N–H and O–H groups in total. The average molecular weight is 264 g/mol. The van der Waals surface area contributed by atoms with Crippen molar-refractivity contribution in [1.29, 1.82) is 0 Å². The maximum absolute atomic E-state index is 10.9. The third-order valence-corrected chi connectivity index (χ3v) is 2.43. The van der Waals surface area contributed by atoms with Gasteiger partial charge in [0, 0.05) is 16.8 Å². The maximum Gasteiger partial charge on any atom is 0.354 e. The number of benzene rings is 1. The van der Waals surface area contributed by atoms with Crippen LogP contribution in [0.25, 0.3) is 0 Å². The number of nitrogens with zero attached hydrogens (tertiary/aromatic N) is 2. The van der Waals surface area contributed by atoms with E-state index in [-0.39, 0.29) is 5.69 Å². The van der Waals surface area contributed by atoms with Crippen LogP contribution >= 0.6 is 11.6 Å². The number of aromatic nitrogens is 2. The molecule has 6 heteroatoms. The van der Waals surface area contributed by atoms with Crippen LogP contribution in [0.15, 0.2) is 30.3 Å². The minimum atomic E-state index is -1.08. The highest BCUT2D eigenvalue weighted by molar-refractivity contribution is 6.30. The molecule has 0 amide bonds. The Labute approximate surface area is 108 Å². The summed E-state index contributed by atoms with van der Waals surface area (Å²) in [5, 5.41) is 12.5. The van der Waals surface area contributed by atoms with Crippen LogP contribution in [0.4, 0.5) is 11.5 Å². The van der Waals surface area contributed by atoms with E-state index in [4.69, 9.17) is 16.7 Å². The zero-order valence-corrected chi connectivity index (χ0v) is 10.3. The number of hydrogen-bond acceptors (Lipinski definition) is 4. The van der Waals surface area contributed by atoms with Gasteiger partial charge in [0.15, 0.2) is 5.69 Å². The van der Waals surface area contributed by atoms with Gasteiger partial charge in [0.25, 0.3) is 0 Å². The largest absolute Gasteiger partial charge is 0.477 e. The lowest BCUT2D eigenvalue weighted by Gasteiger charge is -2.07. The van der Waals surface area contributed by atoms with Crippen LogP contribution in [0.1, 0.15) is 16.3 Å². The van der Waals surface area contributed by atoms with Crippen LogP contribution in [-0.4, -0.2) is 21.0 Å². The molecule has 2 aromatic rings. The normalized spacial score (nSPS) is 10.1. The molecule has 1 aromatic heterocycles. The van der Waals surface area contributed by atoms with E-state index in [0.29, 0.717) is 16.7 Å². The SMILES string of the molecule is Cc1nc(Nc2ccc(Cl)cc2)cc(C(=O)O)n1. The molecule has 18 heavy (non-hydrogen) atoms. The Bertz CT molecular complexity index is 584. The second kappa shape index (κ2) is 5.01. The molecule has 0 saturated heterocycles. The van der Waals surface area contributed by atoms with Crippen molar-refractivity contribution >= 4 is 29.1 Å². The topological polar surface area (TPSA) is 75.1 Å². The fourth-order valence-corrected chi connectivity index (χ4v) is 1.55. The predicted octanol–water partition coefficient (Wildman–Crippen LogP) is 2.88. The molecule has 0 unspecified atom stereocenters. The first-order chi connectivity index (χ1) is 8.54. The van der Waals surface area contributed by atoms with Crippen molar-refractivity contribution in [2.24, 2.45) is 0 Å². The first-order valence-electron chi connectivity index (χ1n) is 5.16. The van der Waals surface area contributed by atoms with Gasteiger partial charge in [-0.2, -0.15) is 0 Å². The molecule has 0 aliphatic carbocycles. The Morgan fingerprint density at radius 1 is 1.28 bits per heavy atom. The molecule has 0 spiro atoms. The molecule has 92 valence electrons. The van der Waals surface area contributed by atoms with E-state index in [1.807, 2.05) is 0 Å². The standard InChI is InChI=1S/C12H10ClN3O2/c1-7-14-10(12(17)18)6-11(15-7)16-9-4-2-8(13)3-5-9/h2-6H,1H3,(H,17,18)(H,14,15,16). The van der Waals surface area contributed by atoms with Gasteiger partial charge in [0.2, 0.25) is 0 Å². The monoisotopic (exact) mass is 263 g/mol. The summed E-state index contributed by atoms with van der Waals surface area (Å²) in [6, 6.07) is 8.40. The van der Waals surface area contributed by atoms with E-state index < -0.39 is 5.97 Å². The first kappa shape index (κ1) is 12.3. The highest BCUT2D eigenvalue weighted by atomic mass is 35.5. The summed E-state index contributed by atoms with van der Waals surface area (Å²) in [6.45, 7) is 1.64. The summed E-state index contributed by atoms with van der Waals surface area (Å²) >= 11 is 5.78. The lowest BCUT2D eigenvalue weighted by atomic mass is 10.3. The van der Waals surface area contributed by atoms with Crippen molar-refractivity contribution in [1.82, 2.24) is 9.97 Å². The van der Waals surface area contributed by atoms with Gasteiger partial charge in [-0.3, -0.25) is 0 Å². The van der Waals surface area contributed by atoms with E-state index in [9.17, 15) is 4.79 Å². The Balaban J connectivity index is 2.28. The number of carboxylic acid groups (broad SMARTS) is 1. The van der Waals surface area contributed by atoms with E-state index in [2.05, 4.69) is 15.3 Å². The van der Waals surface area contributed by atoms with E-state index in [0.717, 1.165) is 5.69 Å². The summed E-state index contributed by atoms with van der Waals surface area (Å²) in [7, 11) is 0. The highest BCUT2D eigenvalue weighted by Gasteiger charge is 2.08. The second-order valence-electron chi connectivity index (χ2n) is 3.62. The second-order valence-corrected chi connectivity index (χ2v) is 4.06. The Hall–Kier alpha value is -2.14. The number of carbonyl (C=O) groups is 1. The van der Waals surface area contributed by atoms with Crippen LogP contribution in [0.5, 0.6) is 0 Å². The quantitative estimate of drug-likeness (QED) is 0.891. The van der Waals surface area contributed by atoms with Crippen molar-refractivity contribution in [2.75, 3.05) is 5.32 Å². The zero-order valence-electron chi connectivity index (χ0n) is 9.51. The number of aryl methyl sites for hydroxylation is 1. The average Bonchev–Trinajstić information content (AvgIpc) is 2.31. The molecule has 0 fully saturated rings. The number of nitrogens with one attached hydrogen (secondary N) is 1. The Kier molecular flexibility index (Phi) is 3.43. The molecule has 2 rings (SSSR count). The molecular formula is C12H10ClN3O2. The summed E-state index contributed by atoms with van der Waals surface area (Å²) in [5.74, 6) is -0.256. The Morgan fingerprint density at radius 3 is 2.56 bits per heavy atom. The zero-order chi connectivity index (χ0) is 13.1. The third-order valence-electron chi connectivity index (χ3n) is 2.17. The first-order valence-corrected chi connectivity index (χ1v) is 5.54. The maximum atomic E-state index is 10.9. The van der Waals surface area contributed by atoms with E-state index in [1.54, 1.807) is 31.2 Å². The fourth-order valence-electron chi connectivity index (χ4n) is 1.42. The van der Waals surface area contributed by atoms with Gasteiger partial charge < -0.3 is 10.4 Å². The van der Waals surface area contributed by atoms with Crippen molar-refractivity contribution < 1.29 is 9.90 Å². The van der Waals surface area contributed by atoms with Crippen molar-refractivity contribution in [2.45, 2.75) is 6.92 Å². The predicted molar refractivity (Wildman–Crippen MR) is 68.5 cm³/mol. The molecule has 0 saturated carbocycles. The summed E-state index contributed by atoms with van der Waals surface area (Å²) in [4.78, 5) is 18.8. The van der Waals surface area contributed by atoms with Crippen molar-refractivity contribution in [3.63, 3.8) is 0 Å². The van der Waals surface area contributed by atoms with Crippen molar-refractivity contribution in [3.05, 3.63) is 46.9 Å². The Morgan fingerprint density at radius 2 is 1.94 bits per heavy atom. The van der Waals surface area contributed by atoms with Gasteiger partial charge in [-0.15, -0.1) is 0 Å². The van der Waals surface area contributed by atoms with Crippen molar-refractivity contribution in [3.8, 4) is 0 Å². The summed E-state index contributed by atoms with van der Waals surface area (Å²) in [6.07, 6.45) is 0. The van der Waals surface area contributed by atoms with Gasteiger partial charge in [-0.25, -0.2) is 14.8 Å². The molecular weight excluding hydrogens is 254 g/mol. The lowest BCUT2D eigenvalue weighted by Crippen LogP contribution is -2.05. The summed E-state index contributed by atoms with van der Waals surface area (Å²) < 4.78 is 0. The van der Waals surface area contributed by atoms with Gasteiger partial charge in [-0.05, 0) is 31.2 Å². The third kappa shape index (κ3) is 2.95. The van der Waals surface area contributed by atoms with Crippen LogP contribution in [0, 0.1) is 6.92 Å². The number of rotatable bonds is 3.